The first-order chi connectivity index (χ1) is 18.9. The first kappa shape index (κ1) is 26.2. The van der Waals surface area contributed by atoms with Gasteiger partial charge in [-0.25, -0.2) is 9.37 Å². The fourth-order valence-electron chi connectivity index (χ4n) is 7.39. The highest BCUT2D eigenvalue weighted by Gasteiger charge is 2.48. The summed E-state index contributed by atoms with van der Waals surface area (Å²) in [7, 11) is 0. The summed E-state index contributed by atoms with van der Waals surface area (Å²) < 4.78 is 16.5. The van der Waals surface area contributed by atoms with E-state index in [9.17, 15) is 14.3 Å². The number of aromatic nitrogens is 2. The summed E-state index contributed by atoms with van der Waals surface area (Å²) in [4.78, 5) is 21.2. The molecule has 1 saturated carbocycles. The Bertz CT molecular complexity index is 1340. The molecule has 39 heavy (non-hydrogen) atoms. The molecule has 0 bridgehead atoms. The second-order valence-corrected chi connectivity index (χ2v) is 12.0. The van der Waals surface area contributed by atoms with Gasteiger partial charge in [0.05, 0.1) is 0 Å². The van der Waals surface area contributed by atoms with Crippen molar-refractivity contribution in [2.75, 3.05) is 32.7 Å². The van der Waals surface area contributed by atoms with Crippen molar-refractivity contribution < 1.29 is 14.3 Å². The molecule has 3 fully saturated rings. The first-order valence-electron chi connectivity index (χ1n) is 14.5. The summed E-state index contributed by atoms with van der Waals surface area (Å²) in [6.45, 7) is 8.82. The molecule has 6 nitrogen and oxygen atoms in total. The molecule has 2 aromatic heterocycles. The number of likely N-dealkylation sites (tertiary alicyclic amines) is 2. The molecule has 0 amide bonds. The van der Waals surface area contributed by atoms with Crippen LogP contribution in [0.3, 0.4) is 0 Å². The number of pyridine rings is 1. The van der Waals surface area contributed by atoms with E-state index in [1.807, 2.05) is 18.3 Å². The van der Waals surface area contributed by atoms with Crippen molar-refractivity contribution in [1.29, 1.82) is 0 Å². The number of carbonyl (C=O) groups is 1. The molecule has 0 radical (unpaired) electrons. The number of piperidine rings is 1. The number of nitrogens with zero attached hydrogens (tertiary/aromatic N) is 4. The largest absolute Gasteiger partial charge is 0.481 e. The van der Waals surface area contributed by atoms with Crippen LogP contribution in [0, 0.1) is 11.7 Å². The third-order valence-electron chi connectivity index (χ3n) is 9.77. The Morgan fingerprint density at radius 1 is 1.18 bits per heavy atom. The third kappa shape index (κ3) is 5.27. The van der Waals surface area contributed by atoms with E-state index in [1.165, 1.54) is 11.8 Å². The number of aliphatic carboxylic acids is 1. The van der Waals surface area contributed by atoms with Crippen LogP contribution in [0.5, 0.6) is 0 Å². The zero-order chi connectivity index (χ0) is 27.0. The summed E-state index contributed by atoms with van der Waals surface area (Å²) in [5.41, 5.74) is 4.44. The van der Waals surface area contributed by atoms with E-state index in [0.29, 0.717) is 18.3 Å². The SMILES string of the molecule is C=Cc1ccc2ncc(C3CCN(CC4CN(C5(CCC(=O)O)CCC5)CC4c4cccc(F)c4)CC3)n2c1. The number of benzene rings is 1. The monoisotopic (exact) mass is 530 g/mol. The van der Waals surface area contributed by atoms with E-state index in [-0.39, 0.29) is 23.7 Å². The quantitative estimate of drug-likeness (QED) is 0.379. The lowest BCUT2D eigenvalue weighted by molar-refractivity contribution is -0.138. The smallest absolute Gasteiger partial charge is 0.303 e. The molecule has 7 heteroatoms. The zero-order valence-electron chi connectivity index (χ0n) is 22.6. The van der Waals surface area contributed by atoms with Crippen LogP contribution in [0.25, 0.3) is 11.7 Å². The Balaban J connectivity index is 1.16. The minimum absolute atomic E-state index is 0.000931. The number of fused-ring (bicyclic) bond motifs is 1. The molecule has 2 saturated heterocycles. The van der Waals surface area contributed by atoms with E-state index < -0.39 is 5.97 Å². The van der Waals surface area contributed by atoms with Crippen molar-refractivity contribution in [2.45, 2.75) is 62.3 Å². The van der Waals surface area contributed by atoms with Crippen LogP contribution in [0.1, 0.15) is 73.6 Å². The summed E-state index contributed by atoms with van der Waals surface area (Å²) in [6.07, 6.45) is 12.5. The van der Waals surface area contributed by atoms with Gasteiger partial charge in [-0.3, -0.25) is 9.69 Å². The first-order valence-corrected chi connectivity index (χ1v) is 14.5. The van der Waals surface area contributed by atoms with Crippen molar-refractivity contribution in [1.82, 2.24) is 19.2 Å². The molecule has 0 spiro atoms. The van der Waals surface area contributed by atoms with Gasteiger partial charge in [0.2, 0.25) is 0 Å². The summed E-state index contributed by atoms with van der Waals surface area (Å²) in [5, 5.41) is 9.37. The van der Waals surface area contributed by atoms with Gasteiger partial charge < -0.3 is 14.4 Å². The van der Waals surface area contributed by atoms with Gasteiger partial charge in [-0.05, 0) is 92.9 Å². The molecule has 3 aromatic rings. The highest BCUT2D eigenvalue weighted by Crippen LogP contribution is 2.47. The molecule has 3 aliphatic rings. The standard InChI is InChI=1S/C32H39FN4O2/c1-2-23-7-8-30-34-18-29(37(30)19-23)24-10-15-35(16-11-24)20-26-21-36(32(12-4-13-32)14-9-31(38)39)22-28(26)25-5-3-6-27(33)17-25/h2-3,5-8,17-19,24,26,28H,1,4,9-16,20-22H2,(H,38,39). The average molecular weight is 531 g/mol. The van der Waals surface area contributed by atoms with E-state index in [1.54, 1.807) is 6.07 Å². The van der Waals surface area contributed by atoms with Gasteiger partial charge in [-0.15, -0.1) is 0 Å². The van der Waals surface area contributed by atoms with E-state index in [2.05, 4.69) is 50.2 Å². The molecule has 1 N–H and O–H groups in total. The summed E-state index contributed by atoms with van der Waals surface area (Å²) >= 11 is 0. The average Bonchev–Trinajstić information content (AvgIpc) is 3.53. The number of halogens is 1. The van der Waals surface area contributed by atoms with E-state index >= 15 is 0 Å². The second-order valence-electron chi connectivity index (χ2n) is 12.0. The van der Waals surface area contributed by atoms with Crippen LogP contribution in [-0.2, 0) is 4.79 Å². The van der Waals surface area contributed by atoms with Crippen molar-refractivity contribution in [2.24, 2.45) is 5.92 Å². The van der Waals surface area contributed by atoms with Crippen molar-refractivity contribution >= 4 is 17.7 Å². The van der Waals surface area contributed by atoms with Crippen LogP contribution in [0.2, 0.25) is 0 Å². The van der Waals surface area contributed by atoms with Crippen molar-refractivity contribution in [3.63, 3.8) is 0 Å². The van der Waals surface area contributed by atoms with Crippen molar-refractivity contribution in [3.05, 3.63) is 78.0 Å². The van der Waals surface area contributed by atoms with Gasteiger partial charge in [-0.1, -0.05) is 24.8 Å². The number of hydrogen-bond donors (Lipinski definition) is 1. The minimum atomic E-state index is -0.715. The lowest BCUT2D eigenvalue weighted by atomic mass is 9.72. The van der Waals surface area contributed by atoms with E-state index in [4.69, 9.17) is 0 Å². The number of carboxylic acids is 1. The van der Waals surface area contributed by atoms with Gasteiger partial charge in [0.25, 0.3) is 0 Å². The van der Waals surface area contributed by atoms with E-state index in [0.717, 1.165) is 81.6 Å². The second kappa shape index (κ2) is 10.9. The van der Waals surface area contributed by atoms with Gasteiger partial charge in [0.1, 0.15) is 11.5 Å². The molecule has 206 valence electrons. The topological polar surface area (TPSA) is 61.1 Å². The summed E-state index contributed by atoms with van der Waals surface area (Å²) in [5.74, 6) is 0.244. The number of imidazole rings is 1. The number of hydrogen-bond acceptors (Lipinski definition) is 4. The normalized spacial score (nSPS) is 24.1. The molecule has 1 aliphatic carbocycles. The van der Waals surface area contributed by atoms with Crippen LogP contribution >= 0.6 is 0 Å². The zero-order valence-corrected chi connectivity index (χ0v) is 22.6. The Hall–Kier alpha value is -3.03. The molecule has 2 atom stereocenters. The Kier molecular flexibility index (Phi) is 7.29. The molecular weight excluding hydrogens is 491 g/mol. The minimum Gasteiger partial charge on any atom is -0.481 e. The Morgan fingerprint density at radius 2 is 2.00 bits per heavy atom. The van der Waals surface area contributed by atoms with Gasteiger partial charge in [-0.2, -0.15) is 0 Å². The molecule has 6 rings (SSSR count). The number of carboxylic acid groups (broad SMARTS) is 1. The Morgan fingerprint density at radius 3 is 2.69 bits per heavy atom. The third-order valence-corrected chi connectivity index (χ3v) is 9.77. The number of rotatable bonds is 9. The lowest BCUT2D eigenvalue weighted by Gasteiger charge is -2.49. The highest BCUT2D eigenvalue weighted by atomic mass is 19.1. The maximum Gasteiger partial charge on any atom is 0.303 e. The molecular formula is C32H39FN4O2. The Labute approximate surface area is 230 Å². The van der Waals surface area contributed by atoms with Crippen LogP contribution in [0.4, 0.5) is 4.39 Å². The predicted octanol–water partition coefficient (Wildman–Crippen LogP) is 5.80. The molecule has 1 aromatic carbocycles. The molecule has 2 aliphatic heterocycles. The summed E-state index contributed by atoms with van der Waals surface area (Å²) in [6, 6.07) is 11.2. The van der Waals surface area contributed by atoms with Crippen molar-refractivity contribution in [3.8, 4) is 0 Å². The van der Waals surface area contributed by atoms with Gasteiger partial charge in [0.15, 0.2) is 0 Å². The lowest BCUT2D eigenvalue weighted by Crippen LogP contribution is -2.53. The van der Waals surface area contributed by atoms with Crippen LogP contribution in [-0.4, -0.2) is 68.5 Å². The fraction of sp³-hybridized carbons (Fsp3) is 0.500. The van der Waals surface area contributed by atoms with Crippen LogP contribution < -0.4 is 0 Å². The predicted molar refractivity (Wildman–Crippen MR) is 151 cm³/mol. The highest BCUT2D eigenvalue weighted by molar-refractivity contribution is 5.66. The fourth-order valence-corrected chi connectivity index (χ4v) is 7.39. The maximum absolute atomic E-state index is 14.3. The van der Waals surface area contributed by atoms with Gasteiger partial charge in [0, 0.05) is 61.5 Å². The molecule has 2 unspecified atom stereocenters. The van der Waals surface area contributed by atoms with Crippen LogP contribution in [0.15, 0.2) is 55.4 Å². The van der Waals surface area contributed by atoms with Gasteiger partial charge >= 0.3 is 5.97 Å². The molecule has 4 heterocycles. The maximum atomic E-state index is 14.3.